The van der Waals surface area contributed by atoms with E-state index in [9.17, 15) is 4.57 Å². The van der Waals surface area contributed by atoms with Crippen molar-refractivity contribution >= 4 is 19.8 Å². The third kappa shape index (κ3) is 20.9. The van der Waals surface area contributed by atoms with Gasteiger partial charge in [-0.2, -0.15) is 0 Å². The van der Waals surface area contributed by atoms with E-state index in [1.54, 1.807) is 0 Å². The van der Waals surface area contributed by atoms with Gasteiger partial charge in [0.25, 0.3) is 0 Å². The van der Waals surface area contributed by atoms with Gasteiger partial charge in [0.1, 0.15) is 0 Å². The van der Waals surface area contributed by atoms with Gasteiger partial charge in [0.2, 0.25) is 0 Å². The molecule has 118 valence electrons. The van der Waals surface area contributed by atoms with Crippen LogP contribution in [0.4, 0.5) is 0 Å². The van der Waals surface area contributed by atoms with Crippen LogP contribution in [0.25, 0.3) is 0 Å². The molecule has 1 unspecified atom stereocenters. The summed E-state index contributed by atoms with van der Waals surface area (Å²) in [6, 6.07) is 0. The van der Waals surface area contributed by atoms with Crippen LogP contribution in [0.5, 0.6) is 0 Å². The van der Waals surface area contributed by atoms with Crippen LogP contribution in [0.15, 0.2) is 0 Å². The van der Waals surface area contributed by atoms with Gasteiger partial charge >= 0.3 is 0 Å². The van der Waals surface area contributed by atoms with Crippen LogP contribution in [0.1, 0.15) is 84.0 Å². The van der Waals surface area contributed by atoms with Crippen LogP contribution in [0.2, 0.25) is 0 Å². The van der Waals surface area contributed by atoms with E-state index in [-0.39, 0.29) is 12.4 Å². The zero-order valence-electron chi connectivity index (χ0n) is 12.9. The first-order valence-corrected chi connectivity index (χ1v) is 10.1. The fourth-order valence-corrected chi connectivity index (χ4v) is 3.06. The third-order valence-corrected chi connectivity index (χ3v) is 4.57. The molecule has 0 bridgehead atoms. The Morgan fingerprint density at radius 3 is 1.37 bits per heavy atom. The largest absolute Gasteiger partial charge is 0.344 e. The van der Waals surface area contributed by atoms with Crippen LogP contribution >= 0.6 is 19.8 Å². The van der Waals surface area contributed by atoms with E-state index >= 15 is 0 Å². The molecule has 0 aliphatic rings. The molecule has 0 saturated heterocycles. The predicted octanol–water partition coefficient (Wildman–Crippen LogP) is 6.01. The van der Waals surface area contributed by atoms with Gasteiger partial charge in [0.15, 0.2) is 7.37 Å². The number of hydrogen-bond donors (Lipinski definition) is 1. The van der Waals surface area contributed by atoms with Crippen molar-refractivity contribution in [3.63, 3.8) is 0 Å². The van der Waals surface area contributed by atoms with E-state index in [1.165, 1.54) is 70.9 Å². The molecule has 0 aliphatic heterocycles. The van der Waals surface area contributed by atoms with Gasteiger partial charge in [0, 0.05) is 12.8 Å². The Morgan fingerprint density at radius 2 is 1.05 bits per heavy atom. The lowest BCUT2D eigenvalue weighted by atomic mass is 10.1. The van der Waals surface area contributed by atoms with Crippen LogP contribution in [0.3, 0.4) is 0 Å². The molecular formula is C15H34ClO2P. The van der Waals surface area contributed by atoms with Gasteiger partial charge in [-0.25, -0.2) is 0 Å². The lowest BCUT2D eigenvalue weighted by Gasteiger charge is -2.05. The van der Waals surface area contributed by atoms with Gasteiger partial charge in [-0.3, -0.25) is 4.57 Å². The quantitative estimate of drug-likeness (QED) is 0.334. The molecular weight excluding hydrogens is 279 g/mol. The van der Waals surface area contributed by atoms with Crippen LogP contribution in [-0.4, -0.2) is 17.7 Å². The van der Waals surface area contributed by atoms with E-state index in [2.05, 4.69) is 6.92 Å². The molecule has 0 fully saturated rings. The Hall–Kier alpha value is 0.480. The molecule has 0 saturated carbocycles. The minimum Gasteiger partial charge on any atom is -0.344 e. The number of unbranched alkanes of at least 4 members (excludes halogenated alkanes) is 11. The summed E-state index contributed by atoms with van der Waals surface area (Å²) in [4.78, 5) is 9.13. The molecule has 0 heterocycles. The van der Waals surface area contributed by atoms with Crippen molar-refractivity contribution in [3.8, 4) is 0 Å². The van der Waals surface area contributed by atoms with Crippen molar-refractivity contribution in [2.75, 3.05) is 12.8 Å². The second-order valence-electron chi connectivity index (χ2n) is 5.66. The topological polar surface area (TPSA) is 37.3 Å². The molecule has 0 aromatic rings. The van der Waals surface area contributed by atoms with E-state index < -0.39 is 7.37 Å². The lowest BCUT2D eigenvalue weighted by molar-refractivity contribution is 0.480. The standard InChI is InChI=1S/C15H33O2P.ClH/c1-3-4-5-6-7-8-9-10-11-12-13-14-15-18(2,16)17;/h3-15H2,1-2H3,(H,16,17);1H. The monoisotopic (exact) mass is 312 g/mol. The van der Waals surface area contributed by atoms with Crippen molar-refractivity contribution in [2.24, 2.45) is 0 Å². The Kier molecular flexibility index (Phi) is 17.1. The summed E-state index contributed by atoms with van der Waals surface area (Å²) in [6.07, 6.45) is 16.1. The van der Waals surface area contributed by atoms with Gasteiger partial charge < -0.3 is 4.89 Å². The molecule has 0 amide bonds. The van der Waals surface area contributed by atoms with Gasteiger partial charge in [-0.05, 0) is 6.42 Å². The van der Waals surface area contributed by atoms with Crippen LogP contribution in [-0.2, 0) is 4.57 Å². The summed E-state index contributed by atoms with van der Waals surface area (Å²) < 4.78 is 11.1. The maximum Gasteiger partial charge on any atom is 0.197 e. The highest BCUT2D eigenvalue weighted by molar-refractivity contribution is 7.57. The summed E-state index contributed by atoms with van der Waals surface area (Å²) in [6.45, 7) is 3.72. The molecule has 0 aromatic carbocycles. The summed E-state index contributed by atoms with van der Waals surface area (Å²) in [7, 11) is -2.75. The first-order valence-electron chi connectivity index (χ1n) is 7.85. The Labute approximate surface area is 126 Å². The molecule has 2 nitrogen and oxygen atoms in total. The fraction of sp³-hybridized carbons (Fsp3) is 1.00. The average Bonchev–Trinajstić information content (AvgIpc) is 2.29. The van der Waals surface area contributed by atoms with Crippen molar-refractivity contribution in [2.45, 2.75) is 84.0 Å². The van der Waals surface area contributed by atoms with E-state index in [0.717, 1.165) is 12.8 Å². The zero-order chi connectivity index (χ0) is 13.7. The normalized spacial score (nSPS) is 13.8. The van der Waals surface area contributed by atoms with Gasteiger partial charge in [-0.1, -0.05) is 77.6 Å². The second kappa shape index (κ2) is 14.9. The highest BCUT2D eigenvalue weighted by atomic mass is 35.5. The SMILES string of the molecule is CCCCCCCCCCCCCCP(C)(=O)O.Cl. The van der Waals surface area contributed by atoms with Crippen molar-refractivity contribution in [1.29, 1.82) is 0 Å². The maximum atomic E-state index is 11.1. The third-order valence-electron chi connectivity index (χ3n) is 3.43. The first kappa shape index (κ1) is 21.8. The van der Waals surface area contributed by atoms with E-state index in [4.69, 9.17) is 4.89 Å². The molecule has 4 heteroatoms. The van der Waals surface area contributed by atoms with E-state index in [0.29, 0.717) is 6.16 Å². The maximum absolute atomic E-state index is 11.1. The lowest BCUT2D eigenvalue weighted by Crippen LogP contribution is -1.88. The molecule has 0 rings (SSSR count). The summed E-state index contributed by atoms with van der Waals surface area (Å²) in [5.74, 6) is 0. The molecule has 0 aliphatic carbocycles. The molecule has 1 atom stereocenters. The molecule has 19 heavy (non-hydrogen) atoms. The minimum atomic E-state index is -2.75. The Balaban J connectivity index is 0. The van der Waals surface area contributed by atoms with Gasteiger partial charge in [-0.15, -0.1) is 12.4 Å². The predicted molar refractivity (Wildman–Crippen MR) is 88.9 cm³/mol. The molecule has 0 spiro atoms. The number of rotatable bonds is 13. The van der Waals surface area contributed by atoms with Crippen molar-refractivity contribution in [3.05, 3.63) is 0 Å². The first-order chi connectivity index (χ1) is 8.56. The molecule has 1 N–H and O–H groups in total. The highest BCUT2D eigenvalue weighted by Gasteiger charge is 2.07. The second-order valence-corrected chi connectivity index (χ2v) is 8.21. The fourth-order valence-electron chi connectivity index (χ4n) is 2.25. The summed E-state index contributed by atoms with van der Waals surface area (Å²) >= 11 is 0. The smallest absolute Gasteiger partial charge is 0.197 e. The summed E-state index contributed by atoms with van der Waals surface area (Å²) in [5, 5.41) is 0. The molecule has 0 radical (unpaired) electrons. The highest BCUT2D eigenvalue weighted by Crippen LogP contribution is 2.36. The average molecular weight is 313 g/mol. The van der Waals surface area contributed by atoms with Crippen LogP contribution < -0.4 is 0 Å². The number of halogens is 1. The number of hydrogen-bond acceptors (Lipinski definition) is 1. The van der Waals surface area contributed by atoms with Gasteiger partial charge in [0.05, 0.1) is 0 Å². The van der Waals surface area contributed by atoms with Crippen molar-refractivity contribution < 1.29 is 9.46 Å². The van der Waals surface area contributed by atoms with Crippen molar-refractivity contribution in [1.82, 2.24) is 0 Å². The van der Waals surface area contributed by atoms with Crippen LogP contribution in [0, 0.1) is 0 Å². The van der Waals surface area contributed by atoms with E-state index in [1.807, 2.05) is 0 Å². The Morgan fingerprint density at radius 1 is 0.737 bits per heavy atom. The Bertz CT molecular complexity index is 216. The zero-order valence-corrected chi connectivity index (χ0v) is 14.6. The molecule has 0 aromatic heterocycles. The minimum absolute atomic E-state index is 0. The summed E-state index contributed by atoms with van der Waals surface area (Å²) in [5.41, 5.74) is 0.